The van der Waals surface area contributed by atoms with E-state index in [1.54, 1.807) is 0 Å². The molecule has 4 aliphatic carbocycles. The number of aliphatic hydroxyl groups is 1. The second-order valence-electron chi connectivity index (χ2n) is 13.0. The van der Waals surface area contributed by atoms with E-state index in [0.29, 0.717) is 18.3 Å². The van der Waals surface area contributed by atoms with Crippen molar-refractivity contribution in [2.75, 3.05) is 0 Å². The first-order valence-electron chi connectivity index (χ1n) is 13.6. The molecule has 32 heavy (non-hydrogen) atoms. The van der Waals surface area contributed by atoms with Crippen molar-refractivity contribution in [2.24, 2.45) is 46.3 Å². The van der Waals surface area contributed by atoms with Crippen LogP contribution in [-0.4, -0.2) is 16.9 Å². The third-order valence-electron chi connectivity index (χ3n) is 10.7. The van der Waals surface area contributed by atoms with Crippen molar-refractivity contribution in [3.05, 3.63) is 11.6 Å². The molecular weight excluding hydrogens is 396 g/mol. The maximum Gasteiger partial charge on any atom is 0.305 e. The summed E-state index contributed by atoms with van der Waals surface area (Å²) in [7, 11) is 0. The Balaban J connectivity index is 1.49. The average Bonchev–Trinajstić information content (AvgIpc) is 3.05. The van der Waals surface area contributed by atoms with Crippen molar-refractivity contribution in [3.8, 4) is 0 Å². The number of rotatable bonds is 6. The predicted octanol–water partition coefficient (Wildman–Crippen LogP) is 7.28. The molecule has 4 rings (SSSR count). The molecule has 4 aliphatic rings. The Morgan fingerprint density at radius 1 is 1.09 bits per heavy atom. The van der Waals surface area contributed by atoms with Gasteiger partial charge in [0, 0.05) is 19.8 Å². The van der Waals surface area contributed by atoms with Gasteiger partial charge in [-0.2, -0.15) is 0 Å². The highest BCUT2D eigenvalue weighted by atomic mass is 16.7. The largest absolute Gasteiger partial charge is 0.433 e. The van der Waals surface area contributed by atoms with Crippen LogP contribution in [0.3, 0.4) is 0 Å². The minimum atomic E-state index is -1.29. The summed E-state index contributed by atoms with van der Waals surface area (Å²) in [5, 5.41) is 10.9. The standard InChI is InChI=1S/C29H48O3/c1-19(2)8-7-9-20(3)24-12-13-25-23-11-10-22-18-29(31,32-21(4)30)17-16-27(22,5)26(23)14-15-28(24,25)6/h10,19-20,23-26,31H,7-9,11-18H2,1-6H3/t20-,23+,24-,25+,26+,27+,28-,29?/m1/s1. The van der Waals surface area contributed by atoms with E-state index in [0.717, 1.165) is 48.3 Å². The van der Waals surface area contributed by atoms with Gasteiger partial charge in [-0.1, -0.05) is 65.5 Å². The number of carbonyl (C=O) groups is 1. The molecule has 0 bridgehead atoms. The van der Waals surface area contributed by atoms with E-state index >= 15 is 0 Å². The normalized spacial score (nSPS) is 44.3. The van der Waals surface area contributed by atoms with Crippen LogP contribution in [0.5, 0.6) is 0 Å². The topological polar surface area (TPSA) is 46.5 Å². The number of ether oxygens (including phenoxy) is 1. The average molecular weight is 445 g/mol. The molecule has 0 saturated heterocycles. The van der Waals surface area contributed by atoms with Crippen molar-refractivity contribution in [2.45, 2.75) is 118 Å². The maximum atomic E-state index is 11.5. The van der Waals surface area contributed by atoms with Gasteiger partial charge in [-0.3, -0.25) is 4.79 Å². The highest BCUT2D eigenvalue weighted by Crippen LogP contribution is 2.67. The summed E-state index contributed by atoms with van der Waals surface area (Å²) >= 11 is 0. The molecule has 8 atom stereocenters. The van der Waals surface area contributed by atoms with Crippen molar-refractivity contribution < 1.29 is 14.6 Å². The fraction of sp³-hybridized carbons (Fsp3) is 0.897. The van der Waals surface area contributed by atoms with Crippen LogP contribution in [-0.2, 0) is 9.53 Å². The highest BCUT2D eigenvalue weighted by molar-refractivity contribution is 5.66. The summed E-state index contributed by atoms with van der Waals surface area (Å²) in [5.41, 5.74) is 2.03. The first kappa shape index (κ1) is 24.3. The van der Waals surface area contributed by atoms with Crippen molar-refractivity contribution >= 4 is 5.97 Å². The molecule has 3 nitrogen and oxygen atoms in total. The second-order valence-corrected chi connectivity index (χ2v) is 13.0. The molecule has 3 heteroatoms. The van der Waals surface area contributed by atoms with Gasteiger partial charge in [0.25, 0.3) is 0 Å². The third-order valence-corrected chi connectivity index (χ3v) is 10.7. The molecule has 0 radical (unpaired) electrons. The molecule has 0 heterocycles. The predicted molar refractivity (Wildman–Crippen MR) is 130 cm³/mol. The zero-order valence-electron chi connectivity index (χ0n) is 21.6. The molecule has 0 aliphatic heterocycles. The smallest absolute Gasteiger partial charge is 0.305 e. The number of esters is 1. The minimum absolute atomic E-state index is 0.164. The first-order valence-corrected chi connectivity index (χ1v) is 13.6. The van der Waals surface area contributed by atoms with Gasteiger partial charge in [0.1, 0.15) is 0 Å². The van der Waals surface area contributed by atoms with Crippen LogP contribution in [0.4, 0.5) is 0 Å². The molecule has 0 amide bonds. The highest BCUT2D eigenvalue weighted by Gasteiger charge is 2.60. The maximum absolute atomic E-state index is 11.5. The number of hydrogen-bond donors (Lipinski definition) is 1. The van der Waals surface area contributed by atoms with E-state index in [4.69, 9.17) is 4.74 Å². The summed E-state index contributed by atoms with van der Waals surface area (Å²) in [4.78, 5) is 11.5. The van der Waals surface area contributed by atoms with Gasteiger partial charge in [-0.05, 0) is 84.9 Å². The van der Waals surface area contributed by atoms with Crippen molar-refractivity contribution in [3.63, 3.8) is 0 Å². The molecule has 1 N–H and O–H groups in total. The summed E-state index contributed by atoms with van der Waals surface area (Å²) in [6.45, 7) is 13.7. The molecule has 0 spiro atoms. The van der Waals surface area contributed by atoms with Gasteiger partial charge in [0.2, 0.25) is 5.79 Å². The summed E-state index contributed by atoms with van der Waals surface area (Å²) < 4.78 is 5.36. The van der Waals surface area contributed by atoms with Crippen LogP contribution in [0.2, 0.25) is 0 Å². The van der Waals surface area contributed by atoms with E-state index in [9.17, 15) is 9.90 Å². The van der Waals surface area contributed by atoms with E-state index < -0.39 is 5.79 Å². The Morgan fingerprint density at radius 2 is 1.84 bits per heavy atom. The van der Waals surface area contributed by atoms with Gasteiger partial charge >= 0.3 is 5.97 Å². The summed E-state index contributed by atoms with van der Waals surface area (Å²) in [6, 6.07) is 0. The van der Waals surface area contributed by atoms with Gasteiger partial charge in [-0.15, -0.1) is 0 Å². The van der Waals surface area contributed by atoms with Crippen molar-refractivity contribution in [1.29, 1.82) is 0 Å². The Kier molecular flexibility index (Phi) is 6.64. The molecule has 3 saturated carbocycles. The second kappa shape index (κ2) is 8.75. The molecule has 0 aromatic carbocycles. The number of hydrogen-bond acceptors (Lipinski definition) is 3. The molecule has 0 aromatic heterocycles. The lowest BCUT2D eigenvalue weighted by atomic mass is 9.46. The van der Waals surface area contributed by atoms with Crippen LogP contribution >= 0.6 is 0 Å². The van der Waals surface area contributed by atoms with Gasteiger partial charge in [0.15, 0.2) is 0 Å². The van der Waals surface area contributed by atoms with E-state index in [1.807, 2.05) is 0 Å². The lowest BCUT2D eigenvalue weighted by Crippen LogP contribution is -2.53. The van der Waals surface area contributed by atoms with Gasteiger partial charge in [0.05, 0.1) is 0 Å². The zero-order chi connectivity index (χ0) is 23.3. The van der Waals surface area contributed by atoms with Gasteiger partial charge < -0.3 is 9.84 Å². The molecule has 182 valence electrons. The molecule has 3 fully saturated rings. The third kappa shape index (κ3) is 4.21. The first-order chi connectivity index (χ1) is 15.0. The lowest BCUT2D eigenvalue weighted by Gasteiger charge is -2.59. The van der Waals surface area contributed by atoms with E-state index in [2.05, 4.69) is 40.7 Å². The van der Waals surface area contributed by atoms with Gasteiger partial charge in [-0.25, -0.2) is 0 Å². The minimum Gasteiger partial charge on any atom is -0.433 e. The quantitative estimate of drug-likeness (QED) is 0.266. The summed E-state index contributed by atoms with van der Waals surface area (Å²) in [5.74, 6) is 3.24. The van der Waals surface area contributed by atoms with E-state index in [1.165, 1.54) is 57.4 Å². The SMILES string of the molecule is CC(=O)OC1(O)CC[C@@]2(C)C(=CC[C@H]3[C@@H]4CC[C@H]([C@H](C)CCCC(C)C)[C@@]4(C)CC[C@@H]32)C1. The Labute approximate surface area is 196 Å². The summed E-state index contributed by atoms with van der Waals surface area (Å²) in [6.07, 6.45) is 15.3. The monoisotopic (exact) mass is 444 g/mol. The number of allylic oxidation sites excluding steroid dienone is 1. The Morgan fingerprint density at radius 3 is 2.53 bits per heavy atom. The fourth-order valence-electron chi connectivity index (χ4n) is 9.00. The van der Waals surface area contributed by atoms with Crippen LogP contribution < -0.4 is 0 Å². The van der Waals surface area contributed by atoms with Crippen LogP contribution in [0.25, 0.3) is 0 Å². The Bertz CT molecular complexity index is 741. The van der Waals surface area contributed by atoms with Crippen LogP contribution in [0.1, 0.15) is 112 Å². The van der Waals surface area contributed by atoms with E-state index in [-0.39, 0.29) is 11.4 Å². The van der Waals surface area contributed by atoms with Crippen molar-refractivity contribution in [1.82, 2.24) is 0 Å². The molecule has 0 aromatic rings. The Hall–Kier alpha value is -0.830. The van der Waals surface area contributed by atoms with Crippen LogP contribution in [0, 0.1) is 46.3 Å². The fourth-order valence-corrected chi connectivity index (χ4v) is 9.00. The number of fused-ring (bicyclic) bond motifs is 5. The zero-order valence-corrected chi connectivity index (χ0v) is 21.6. The van der Waals surface area contributed by atoms with Crippen LogP contribution in [0.15, 0.2) is 11.6 Å². The lowest BCUT2D eigenvalue weighted by molar-refractivity contribution is -0.221. The number of carbonyl (C=O) groups excluding carboxylic acids is 1. The molecular formula is C29H48O3. The molecule has 1 unspecified atom stereocenters.